The molecule has 0 spiro atoms. The molecule has 0 heterocycles. The zero-order valence-electron chi connectivity index (χ0n) is 16.5. The molecule has 150 valence electrons. The van der Waals surface area contributed by atoms with Gasteiger partial charge in [0.15, 0.2) is 5.96 Å². The van der Waals surface area contributed by atoms with E-state index < -0.39 is 0 Å². The van der Waals surface area contributed by atoms with Crippen molar-refractivity contribution >= 4 is 11.9 Å². The average molecular weight is 386 g/mol. The molecule has 0 radical (unpaired) electrons. The highest BCUT2D eigenvalue weighted by Gasteiger charge is 2.06. The quantitative estimate of drug-likeness (QED) is 0.539. The smallest absolute Gasteiger partial charge is 0.241 e. The van der Waals surface area contributed by atoms with Crippen LogP contribution in [0.3, 0.4) is 0 Å². The predicted molar refractivity (Wildman–Crippen MR) is 109 cm³/mol. The standard InChI is InChI=1S/C21H27FN4O2/c1-26(2)20(27)15-25-21(24-14-17-4-8-18(22)9-5-17)23-13-12-16-6-10-19(28-3)11-7-16/h4-11H,12-15H2,1-3H3,(H2,23,24,25). The summed E-state index contributed by atoms with van der Waals surface area (Å²) in [5, 5.41) is 6.28. The van der Waals surface area contributed by atoms with Gasteiger partial charge in [0, 0.05) is 20.6 Å². The summed E-state index contributed by atoms with van der Waals surface area (Å²) in [6.07, 6.45) is 0.795. The highest BCUT2D eigenvalue weighted by atomic mass is 19.1. The van der Waals surface area contributed by atoms with Crippen molar-refractivity contribution in [1.82, 2.24) is 15.5 Å². The fourth-order valence-corrected chi connectivity index (χ4v) is 2.37. The van der Waals surface area contributed by atoms with Gasteiger partial charge in [-0.15, -0.1) is 0 Å². The van der Waals surface area contributed by atoms with Crippen LogP contribution in [-0.4, -0.2) is 51.1 Å². The second-order valence-corrected chi connectivity index (χ2v) is 6.46. The number of guanidine groups is 1. The topological polar surface area (TPSA) is 66.0 Å². The first-order valence-electron chi connectivity index (χ1n) is 9.07. The third kappa shape index (κ3) is 7.26. The number of ether oxygens (including phenoxy) is 1. The molecule has 6 nitrogen and oxygen atoms in total. The Labute approximate surface area is 165 Å². The van der Waals surface area contributed by atoms with Crippen LogP contribution in [-0.2, 0) is 17.8 Å². The minimum atomic E-state index is -0.278. The van der Waals surface area contributed by atoms with Gasteiger partial charge in [-0.1, -0.05) is 24.3 Å². The fourth-order valence-electron chi connectivity index (χ4n) is 2.37. The summed E-state index contributed by atoms with van der Waals surface area (Å²) in [5.41, 5.74) is 2.05. The van der Waals surface area contributed by atoms with Gasteiger partial charge in [0.25, 0.3) is 0 Å². The Bertz CT molecular complexity index is 774. The minimum Gasteiger partial charge on any atom is -0.497 e. The number of hydrogen-bond acceptors (Lipinski definition) is 3. The third-order valence-corrected chi connectivity index (χ3v) is 4.10. The highest BCUT2D eigenvalue weighted by molar-refractivity contribution is 5.86. The van der Waals surface area contributed by atoms with Crippen molar-refractivity contribution < 1.29 is 13.9 Å². The van der Waals surface area contributed by atoms with Gasteiger partial charge in [-0.25, -0.2) is 9.38 Å². The third-order valence-electron chi connectivity index (χ3n) is 4.10. The van der Waals surface area contributed by atoms with E-state index in [0.29, 0.717) is 19.0 Å². The molecule has 0 aliphatic heterocycles. The molecule has 28 heavy (non-hydrogen) atoms. The monoisotopic (exact) mass is 386 g/mol. The van der Waals surface area contributed by atoms with E-state index in [0.717, 1.165) is 23.3 Å². The van der Waals surface area contributed by atoms with Gasteiger partial charge in [0.2, 0.25) is 5.91 Å². The number of likely N-dealkylation sites (N-methyl/N-ethyl adjacent to an activating group) is 1. The maximum Gasteiger partial charge on any atom is 0.241 e. The number of carbonyl (C=O) groups is 1. The molecule has 0 aliphatic rings. The van der Waals surface area contributed by atoms with Gasteiger partial charge in [-0.2, -0.15) is 0 Å². The Balaban J connectivity index is 1.94. The molecule has 0 fully saturated rings. The first kappa shape index (κ1) is 21.2. The minimum absolute atomic E-state index is 0.0496. The summed E-state index contributed by atoms with van der Waals surface area (Å²) in [6.45, 7) is 1.18. The molecule has 0 unspecified atom stereocenters. The van der Waals surface area contributed by atoms with Gasteiger partial charge in [-0.3, -0.25) is 4.79 Å². The Kier molecular flexibility index (Phi) is 8.27. The first-order chi connectivity index (χ1) is 13.5. The second kappa shape index (κ2) is 10.9. The van der Waals surface area contributed by atoms with E-state index >= 15 is 0 Å². The molecule has 2 N–H and O–H groups in total. The molecule has 0 aromatic heterocycles. The molecule has 0 atom stereocenters. The summed E-state index contributed by atoms with van der Waals surface area (Å²) < 4.78 is 18.2. The van der Waals surface area contributed by atoms with Crippen LogP contribution in [0.1, 0.15) is 11.1 Å². The zero-order valence-corrected chi connectivity index (χ0v) is 16.5. The van der Waals surface area contributed by atoms with Crippen LogP contribution in [0.5, 0.6) is 5.75 Å². The Hall–Kier alpha value is -3.09. The van der Waals surface area contributed by atoms with Crippen LogP contribution >= 0.6 is 0 Å². The van der Waals surface area contributed by atoms with Crippen LogP contribution < -0.4 is 15.4 Å². The number of aliphatic imine (C=N–C) groups is 1. The van der Waals surface area contributed by atoms with Crippen molar-refractivity contribution in [1.29, 1.82) is 0 Å². The van der Waals surface area contributed by atoms with Gasteiger partial charge in [0.1, 0.15) is 11.6 Å². The van der Waals surface area contributed by atoms with Crippen LogP contribution in [0.25, 0.3) is 0 Å². The van der Waals surface area contributed by atoms with E-state index in [2.05, 4.69) is 15.6 Å². The number of rotatable bonds is 8. The lowest BCUT2D eigenvalue weighted by molar-refractivity contribution is -0.127. The molecule has 7 heteroatoms. The van der Waals surface area contributed by atoms with Crippen molar-refractivity contribution in [2.75, 3.05) is 34.3 Å². The Morgan fingerprint density at radius 3 is 2.29 bits per heavy atom. The number of benzene rings is 2. The van der Waals surface area contributed by atoms with Gasteiger partial charge in [-0.05, 0) is 41.8 Å². The number of amides is 1. The van der Waals surface area contributed by atoms with E-state index in [-0.39, 0.29) is 18.3 Å². The summed E-state index contributed by atoms with van der Waals surface area (Å²) in [7, 11) is 5.05. The van der Waals surface area contributed by atoms with Crippen LogP contribution in [0, 0.1) is 5.82 Å². The second-order valence-electron chi connectivity index (χ2n) is 6.46. The molecule has 0 saturated heterocycles. The lowest BCUT2D eigenvalue weighted by Gasteiger charge is -2.15. The molecular weight excluding hydrogens is 359 g/mol. The molecule has 2 aromatic carbocycles. The predicted octanol–water partition coefficient (Wildman–Crippen LogP) is 2.20. The summed E-state index contributed by atoms with van der Waals surface area (Å²) in [5.74, 6) is 1.03. The van der Waals surface area contributed by atoms with Gasteiger partial charge < -0.3 is 20.3 Å². The van der Waals surface area contributed by atoms with Crippen LogP contribution in [0.4, 0.5) is 4.39 Å². The number of nitrogens with zero attached hydrogens (tertiary/aromatic N) is 2. The van der Waals surface area contributed by atoms with E-state index in [9.17, 15) is 9.18 Å². The largest absolute Gasteiger partial charge is 0.497 e. The average Bonchev–Trinajstić information content (AvgIpc) is 2.71. The van der Waals surface area contributed by atoms with Gasteiger partial charge >= 0.3 is 0 Å². The van der Waals surface area contributed by atoms with Crippen LogP contribution in [0.2, 0.25) is 0 Å². The number of methoxy groups -OCH3 is 1. The van der Waals surface area contributed by atoms with Crippen molar-refractivity contribution in [3.63, 3.8) is 0 Å². The normalized spacial score (nSPS) is 11.1. The maximum absolute atomic E-state index is 13.0. The summed E-state index contributed by atoms with van der Waals surface area (Å²) in [4.78, 5) is 17.9. The van der Waals surface area contributed by atoms with Crippen LogP contribution in [0.15, 0.2) is 53.5 Å². The van der Waals surface area contributed by atoms with Crippen molar-refractivity contribution in [2.45, 2.75) is 13.0 Å². The van der Waals surface area contributed by atoms with Gasteiger partial charge in [0.05, 0.1) is 20.2 Å². The number of nitrogens with one attached hydrogen (secondary N) is 2. The summed E-state index contributed by atoms with van der Waals surface area (Å²) in [6, 6.07) is 14.1. The SMILES string of the molecule is COc1ccc(CCNC(=NCc2ccc(F)cc2)NCC(=O)N(C)C)cc1. The molecule has 1 amide bonds. The van der Waals surface area contributed by atoms with E-state index in [1.165, 1.54) is 17.0 Å². The van der Waals surface area contributed by atoms with E-state index in [1.807, 2.05) is 24.3 Å². The fraction of sp³-hybridized carbons (Fsp3) is 0.333. The van der Waals surface area contributed by atoms with Crippen molar-refractivity contribution in [3.8, 4) is 5.75 Å². The lowest BCUT2D eigenvalue weighted by atomic mass is 10.1. The number of hydrogen-bond donors (Lipinski definition) is 2. The lowest BCUT2D eigenvalue weighted by Crippen LogP contribution is -2.43. The Morgan fingerprint density at radius 2 is 1.68 bits per heavy atom. The zero-order chi connectivity index (χ0) is 20.4. The molecular formula is C21H27FN4O2. The first-order valence-corrected chi connectivity index (χ1v) is 9.07. The molecule has 2 rings (SSSR count). The molecule has 0 saturated carbocycles. The number of halogens is 1. The van der Waals surface area contributed by atoms with E-state index in [4.69, 9.17) is 4.74 Å². The Morgan fingerprint density at radius 1 is 1.04 bits per heavy atom. The number of carbonyl (C=O) groups excluding carboxylic acids is 1. The molecule has 2 aromatic rings. The van der Waals surface area contributed by atoms with Crippen molar-refractivity contribution in [2.24, 2.45) is 4.99 Å². The maximum atomic E-state index is 13.0. The molecule has 0 bridgehead atoms. The van der Waals surface area contributed by atoms with E-state index in [1.54, 1.807) is 33.3 Å². The van der Waals surface area contributed by atoms with Crippen molar-refractivity contribution in [3.05, 3.63) is 65.5 Å². The summed E-state index contributed by atoms with van der Waals surface area (Å²) >= 11 is 0. The molecule has 0 aliphatic carbocycles. The highest BCUT2D eigenvalue weighted by Crippen LogP contribution is 2.11.